The normalized spacial score (nSPS) is 9.95. The van der Waals surface area contributed by atoms with Gasteiger partial charge >= 0.3 is 0 Å². The minimum absolute atomic E-state index is 0.453. The van der Waals surface area contributed by atoms with Crippen LogP contribution in [0.1, 0.15) is 11.1 Å². The smallest absolute Gasteiger partial charge is 0.146 e. The Morgan fingerprint density at radius 2 is 2.16 bits per heavy atom. The summed E-state index contributed by atoms with van der Waals surface area (Å²) in [4.78, 5) is 6.08. The second-order valence-corrected chi connectivity index (χ2v) is 4.61. The lowest BCUT2D eigenvalue weighted by Gasteiger charge is -2.20. The Labute approximate surface area is 117 Å². The number of nitrogen functional groups attached to an aromatic ring is 1. The molecule has 0 fully saturated rings. The van der Waals surface area contributed by atoms with Crippen molar-refractivity contribution in [3.8, 4) is 6.07 Å². The van der Waals surface area contributed by atoms with Crippen LogP contribution in [0.25, 0.3) is 0 Å². The molecular formula is C14H13ClN4. The third-order valence-electron chi connectivity index (χ3n) is 2.74. The topological polar surface area (TPSA) is 65.9 Å². The molecule has 2 rings (SSSR count). The molecule has 0 atom stereocenters. The lowest BCUT2D eigenvalue weighted by atomic mass is 10.2. The van der Waals surface area contributed by atoms with Gasteiger partial charge in [0.2, 0.25) is 0 Å². The summed E-state index contributed by atoms with van der Waals surface area (Å²) in [6.45, 7) is 0.575. The highest BCUT2D eigenvalue weighted by atomic mass is 35.5. The van der Waals surface area contributed by atoms with E-state index in [0.29, 0.717) is 28.6 Å². The summed E-state index contributed by atoms with van der Waals surface area (Å²) in [6, 6.07) is 11.3. The molecule has 19 heavy (non-hydrogen) atoms. The quantitative estimate of drug-likeness (QED) is 0.933. The Morgan fingerprint density at radius 1 is 1.42 bits per heavy atom. The molecule has 0 saturated carbocycles. The van der Waals surface area contributed by atoms with E-state index >= 15 is 0 Å². The maximum absolute atomic E-state index is 9.11. The van der Waals surface area contributed by atoms with Gasteiger partial charge in [0.05, 0.1) is 17.4 Å². The van der Waals surface area contributed by atoms with E-state index in [1.54, 1.807) is 12.3 Å². The molecule has 0 bridgehead atoms. The maximum Gasteiger partial charge on any atom is 0.146 e. The number of nitrogens with two attached hydrogens (primary N) is 1. The number of anilines is 2. The average molecular weight is 273 g/mol. The summed E-state index contributed by atoms with van der Waals surface area (Å²) >= 11 is 6.12. The van der Waals surface area contributed by atoms with Crippen LogP contribution in [0, 0.1) is 11.3 Å². The van der Waals surface area contributed by atoms with Gasteiger partial charge in [0.25, 0.3) is 0 Å². The highest BCUT2D eigenvalue weighted by molar-refractivity contribution is 6.31. The van der Waals surface area contributed by atoms with Crippen molar-refractivity contribution in [3.05, 3.63) is 52.7 Å². The van der Waals surface area contributed by atoms with E-state index in [2.05, 4.69) is 11.1 Å². The third-order valence-corrected chi connectivity index (χ3v) is 3.10. The Hall–Kier alpha value is -2.25. The molecule has 96 valence electrons. The molecule has 0 unspecified atom stereocenters. The number of pyridine rings is 1. The number of nitrogens with zero attached hydrogens (tertiary/aromatic N) is 3. The van der Waals surface area contributed by atoms with Crippen molar-refractivity contribution in [1.29, 1.82) is 5.26 Å². The SMILES string of the molecule is CN(Cc1ccccc1Cl)c1ncc(N)cc1C#N. The van der Waals surface area contributed by atoms with Crippen LogP contribution in [0.5, 0.6) is 0 Å². The van der Waals surface area contributed by atoms with Crippen LogP contribution in [-0.4, -0.2) is 12.0 Å². The van der Waals surface area contributed by atoms with E-state index < -0.39 is 0 Å². The fourth-order valence-electron chi connectivity index (χ4n) is 1.82. The monoisotopic (exact) mass is 272 g/mol. The number of hydrogen-bond donors (Lipinski definition) is 1. The first-order valence-electron chi connectivity index (χ1n) is 5.72. The van der Waals surface area contributed by atoms with Gasteiger partial charge in [-0.3, -0.25) is 0 Å². The van der Waals surface area contributed by atoms with E-state index in [1.165, 1.54) is 0 Å². The predicted molar refractivity (Wildman–Crippen MR) is 76.9 cm³/mol. The molecular weight excluding hydrogens is 260 g/mol. The van der Waals surface area contributed by atoms with Crippen LogP contribution >= 0.6 is 11.6 Å². The highest BCUT2D eigenvalue weighted by Crippen LogP contribution is 2.22. The third kappa shape index (κ3) is 2.95. The van der Waals surface area contributed by atoms with E-state index in [9.17, 15) is 0 Å². The predicted octanol–water partition coefficient (Wildman–Crippen LogP) is 2.83. The van der Waals surface area contributed by atoms with Gasteiger partial charge in [-0.25, -0.2) is 4.98 Å². The van der Waals surface area contributed by atoms with Crippen molar-refractivity contribution in [2.75, 3.05) is 17.7 Å². The van der Waals surface area contributed by atoms with Crippen molar-refractivity contribution in [2.24, 2.45) is 0 Å². The zero-order valence-electron chi connectivity index (χ0n) is 10.5. The van der Waals surface area contributed by atoms with E-state index in [-0.39, 0.29) is 0 Å². The fourth-order valence-corrected chi connectivity index (χ4v) is 2.01. The van der Waals surface area contributed by atoms with Crippen LogP contribution < -0.4 is 10.6 Å². The molecule has 0 amide bonds. The second-order valence-electron chi connectivity index (χ2n) is 4.20. The molecule has 4 nitrogen and oxygen atoms in total. The first-order chi connectivity index (χ1) is 9.11. The van der Waals surface area contributed by atoms with Crippen LogP contribution in [-0.2, 0) is 6.54 Å². The van der Waals surface area contributed by atoms with Gasteiger partial charge < -0.3 is 10.6 Å². The Balaban J connectivity index is 2.28. The van der Waals surface area contributed by atoms with E-state index in [1.807, 2.05) is 36.2 Å². The lowest BCUT2D eigenvalue weighted by Crippen LogP contribution is -2.19. The van der Waals surface area contributed by atoms with Gasteiger partial charge in [0, 0.05) is 18.6 Å². The van der Waals surface area contributed by atoms with Gasteiger partial charge in [-0.1, -0.05) is 29.8 Å². The van der Waals surface area contributed by atoms with Gasteiger partial charge in [-0.2, -0.15) is 5.26 Å². The lowest BCUT2D eigenvalue weighted by molar-refractivity contribution is 0.896. The van der Waals surface area contributed by atoms with Crippen LogP contribution in [0.3, 0.4) is 0 Å². The molecule has 0 aliphatic rings. The molecule has 1 aromatic heterocycles. The molecule has 2 N–H and O–H groups in total. The van der Waals surface area contributed by atoms with Crippen molar-refractivity contribution >= 4 is 23.1 Å². The Bertz CT molecular complexity index is 634. The summed E-state index contributed by atoms with van der Waals surface area (Å²) in [6.07, 6.45) is 1.54. The van der Waals surface area contributed by atoms with Crippen molar-refractivity contribution in [2.45, 2.75) is 6.54 Å². The summed E-state index contributed by atoms with van der Waals surface area (Å²) in [5.74, 6) is 0.594. The molecule has 0 aliphatic carbocycles. The first kappa shape index (κ1) is 13.2. The van der Waals surface area contributed by atoms with Gasteiger partial charge in [-0.05, 0) is 17.7 Å². The minimum atomic E-state index is 0.453. The molecule has 0 aliphatic heterocycles. The molecule has 0 spiro atoms. The minimum Gasteiger partial charge on any atom is -0.397 e. The zero-order valence-corrected chi connectivity index (χ0v) is 11.2. The van der Waals surface area contributed by atoms with Gasteiger partial charge in [0.1, 0.15) is 11.9 Å². The molecule has 0 saturated heterocycles. The van der Waals surface area contributed by atoms with Crippen LogP contribution in [0.15, 0.2) is 36.5 Å². The summed E-state index contributed by atoms with van der Waals surface area (Å²) in [7, 11) is 1.86. The molecule has 0 radical (unpaired) electrons. The van der Waals surface area contributed by atoms with Crippen LogP contribution in [0.4, 0.5) is 11.5 Å². The largest absolute Gasteiger partial charge is 0.397 e. The van der Waals surface area contributed by atoms with Gasteiger partial charge in [-0.15, -0.1) is 0 Å². The van der Waals surface area contributed by atoms with E-state index in [0.717, 1.165) is 5.56 Å². The van der Waals surface area contributed by atoms with Gasteiger partial charge in [0.15, 0.2) is 0 Å². The van der Waals surface area contributed by atoms with Crippen molar-refractivity contribution in [3.63, 3.8) is 0 Å². The fraction of sp³-hybridized carbons (Fsp3) is 0.143. The summed E-state index contributed by atoms with van der Waals surface area (Å²) in [5.41, 5.74) is 7.54. The standard InChI is InChI=1S/C14H13ClN4/c1-19(9-10-4-2-3-5-13(10)15)14-11(7-16)6-12(17)8-18-14/h2-6,8H,9,17H2,1H3. The van der Waals surface area contributed by atoms with Crippen LogP contribution in [0.2, 0.25) is 5.02 Å². The second kappa shape index (κ2) is 5.59. The Morgan fingerprint density at radius 3 is 2.84 bits per heavy atom. The Kier molecular flexibility index (Phi) is 3.88. The number of halogens is 1. The molecule has 5 heteroatoms. The first-order valence-corrected chi connectivity index (χ1v) is 6.10. The zero-order chi connectivity index (χ0) is 13.8. The number of benzene rings is 1. The highest BCUT2D eigenvalue weighted by Gasteiger charge is 2.11. The molecule has 2 aromatic rings. The van der Waals surface area contributed by atoms with E-state index in [4.69, 9.17) is 22.6 Å². The average Bonchev–Trinajstić information content (AvgIpc) is 2.41. The number of aromatic nitrogens is 1. The number of rotatable bonds is 3. The molecule has 1 heterocycles. The van der Waals surface area contributed by atoms with Crippen molar-refractivity contribution in [1.82, 2.24) is 4.98 Å². The number of hydrogen-bond acceptors (Lipinski definition) is 4. The maximum atomic E-state index is 9.11. The number of nitriles is 1. The molecule has 1 aromatic carbocycles. The summed E-state index contributed by atoms with van der Waals surface area (Å²) in [5, 5.41) is 9.81. The summed E-state index contributed by atoms with van der Waals surface area (Å²) < 4.78 is 0. The van der Waals surface area contributed by atoms with Crippen molar-refractivity contribution < 1.29 is 0 Å².